The molecule has 0 unspecified atom stereocenters. The second-order valence-electron chi connectivity index (χ2n) is 5.72. The maximum absolute atomic E-state index is 12.6. The minimum absolute atomic E-state index is 0.0563. The summed E-state index contributed by atoms with van der Waals surface area (Å²) in [6.07, 6.45) is -1.20. The van der Waals surface area contributed by atoms with E-state index in [0.717, 1.165) is 32.4 Å². The molecule has 0 bridgehead atoms. The molecular formula is C13H25F3N2. The molecule has 1 aliphatic heterocycles. The van der Waals surface area contributed by atoms with Gasteiger partial charge in [0.15, 0.2) is 0 Å². The van der Waals surface area contributed by atoms with Gasteiger partial charge < -0.3 is 5.32 Å². The van der Waals surface area contributed by atoms with Crippen molar-refractivity contribution in [2.24, 2.45) is 5.41 Å². The van der Waals surface area contributed by atoms with E-state index in [1.807, 2.05) is 13.8 Å². The molecule has 0 radical (unpaired) electrons. The van der Waals surface area contributed by atoms with Gasteiger partial charge in [-0.15, -0.1) is 0 Å². The van der Waals surface area contributed by atoms with Crippen LogP contribution in [0.3, 0.4) is 0 Å². The normalized spacial score (nSPS) is 20.7. The number of hydrogen-bond acceptors (Lipinski definition) is 2. The van der Waals surface area contributed by atoms with Crippen molar-refractivity contribution in [2.45, 2.75) is 52.3 Å². The molecule has 0 spiro atoms. The van der Waals surface area contributed by atoms with Gasteiger partial charge in [0.1, 0.15) is 0 Å². The Morgan fingerprint density at radius 3 is 2.17 bits per heavy atom. The molecule has 0 aromatic heterocycles. The van der Waals surface area contributed by atoms with Crippen LogP contribution >= 0.6 is 0 Å². The zero-order valence-electron chi connectivity index (χ0n) is 11.6. The third-order valence-corrected chi connectivity index (χ3v) is 4.07. The predicted molar refractivity (Wildman–Crippen MR) is 67.6 cm³/mol. The number of halogens is 3. The molecule has 0 aromatic rings. The van der Waals surface area contributed by atoms with Crippen molar-refractivity contribution in [3.05, 3.63) is 0 Å². The summed E-state index contributed by atoms with van der Waals surface area (Å²) in [6, 6.07) is -0.0649. The highest BCUT2D eigenvalue weighted by molar-refractivity contribution is 4.87. The third kappa shape index (κ3) is 4.76. The summed E-state index contributed by atoms with van der Waals surface area (Å²) < 4.78 is 37.8. The molecular weight excluding hydrogens is 241 g/mol. The molecule has 1 aliphatic rings. The predicted octanol–water partition coefficient (Wildman–Crippen LogP) is 3.04. The molecule has 108 valence electrons. The first-order valence-corrected chi connectivity index (χ1v) is 6.79. The fourth-order valence-electron chi connectivity index (χ4n) is 2.66. The van der Waals surface area contributed by atoms with Crippen LogP contribution in [0.25, 0.3) is 0 Å². The summed E-state index contributed by atoms with van der Waals surface area (Å²) in [7, 11) is 0. The van der Waals surface area contributed by atoms with Gasteiger partial charge in [-0.1, -0.05) is 6.92 Å². The van der Waals surface area contributed by atoms with Gasteiger partial charge in [0.25, 0.3) is 0 Å². The zero-order chi connectivity index (χ0) is 13.8. The lowest BCUT2D eigenvalue weighted by Gasteiger charge is -2.42. The van der Waals surface area contributed by atoms with Crippen molar-refractivity contribution < 1.29 is 13.2 Å². The van der Waals surface area contributed by atoms with Crippen LogP contribution in [0.4, 0.5) is 13.2 Å². The van der Waals surface area contributed by atoms with Gasteiger partial charge in [-0.3, -0.25) is 4.90 Å². The average molecular weight is 266 g/mol. The van der Waals surface area contributed by atoms with E-state index in [4.69, 9.17) is 0 Å². The number of alkyl halides is 3. The van der Waals surface area contributed by atoms with Crippen molar-refractivity contribution in [3.8, 4) is 0 Å². The second kappa shape index (κ2) is 6.24. The number of piperidine rings is 1. The maximum atomic E-state index is 12.6. The van der Waals surface area contributed by atoms with Crippen LogP contribution in [0.2, 0.25) is 0 Å². The SMILES string of the molecule is CCC1(CN(CC(F)(F)F)C(C)C)CCNCC1. The molecule has 0 aliphatic carbocycles. The summed E-state index contributed by atoms with van der Waals surface area (Å²) in [5.41, 5.74) is 0.0563. The van der Waals surface area contributed by atoms with Crippen molar-refractivity contribution in [1.82, 2.24) is 10.2 Å². The molecule has 1 rings (SSSR count). The van der Waals surface area contributed by atoms with Crippen LogP contribution in [0.1, 0.15) is 40.0 Å². The first kappa shape index (κ1) is 15.8. The minimum Gasteiger partial charge on any atom is -0.317 e. The average Bonchev–Trinajstić information content (AvgIpc) is 2.27. The van der Waals surface area contributed by atoms with Crippen molar-refractivity contribution in [2.75, 3.05) is 26.2 Å². The Balaban J connectivity index is 2.68. The minimum atomic E-state index is -4.11. The highest BCUT2D eigenvalue weighted by atomic mass is 19.4. The fraction of sp³-hybridized carbons (Fsp3) is 1.00. The van der Waals surface area contributed by atoms with Crippen molar-refractivity contribution in [3.63, 3.8) is 0 Å². The summed E-state index contributed by atoms with van der Waals surface area (Å²) in [5, 5.41) is 3.28. The first-order valence-electron chi connectivity index (χ1n) is 6.79. The van der Waals surface area contributed by atoms with E-state index in [-0.39, 0.29) is 11.5 Å². The third-order valence-electron chi connectivity index (χ3n) is 4.07. The fourth-order valence-corrected chi connectivity index (χ4v) is 2.66. The molecule has 0 amide bonds. The Kier molecular flexibility index (Phi) is 5.46. The molecule has 1 saturated heterocycles. The molecule has 1 fully saturated rings. The van der Waals surface area contributed by atoms with E-state index < -0.39 is 12.7 Å². The van der Waals surface area contributed by atoms with Gasteiger partial charge in [0.2, 0.25) is 0 Å². The monoisotopic (exact) mass is 266 g/mol. The van der Waals surface area contributed by atoms with Crippen LogP contribution in [0, 0.1) is 5.41 Å². The first-order chi connectivity index (χ1) is 8.28. The summed E-state index contributed by atoms with van der Waals surface area (Å²) >= 11 is 0. The van der Waals surface area contributed by atoms with Gasteiger partial charge in [0, 0.05) is 12.6 Å². The summed E-state index contributed by atoms with van der Waals surface area (Å²) in [6.45, 7) is 7.39. The van der Waals surface area contributed by atoms with Crippen LogP contribution in [-0.4, -0.2) is 43.3 Å². The number of hydrogen-bond donors (Lipinski definition) is 1. The van der Waals surface area contributed by atoms with Crippen LogP contribution in [0.15, 0.2) is 0 Å². The molecule has 2 nitrogen and oxygen atoms in total. The van der Waals surface area contributed by atoms with E-state index in [1.54, 1.807) is 4.90 Å². The van der Waals surface area contributed by atoms with E-state index in [0.29, 0.717) is 6.54 Å². The largest absolute Gasteiger partial charge is 0.401 e. The number of nitrogens with one attached hydrogen (secondary N) is 1. The maximum Gasteiger partial charge on any atom is 0.401 e. The Morgan fingerprint density at radius 2 is 1.78 bits per heavy atom. The highest BCUT2D eigenvalue weighted by Gasteiger charge is 2.37. The smallest absolute Gasteiger partial charge is 0.317 e. The zero-order valence-corrected chi connectivity index (χ0v) is 11.6. The van der Waals surface area contributed by atoms with E-state index in [2.05, 4.69) is 12.2 Å². The quantitative estimate of drug-likeness (QED) is 0.823. The molecule has 1 N–H and O–H groups in total. The number of rotatable bonds is 5. The molecule has 0 saturated carbocycles. The molecule has 18 heavy (non-hydrogen) atoms. The lowest BCUT2D eigenvalue weighted by molar-refractivity contribution is -0.154. The standard InChI is InChI=1S/C13H25F3N2/c1-4-12(5-7-17-8-6-12)9-18(11(2)3)10-13(14,15)16/h11,17H,4-10H2,1-3H3. The lowest BCUT2D eigenvalue weighted by Crippen LogP contribution is -2.49. The van der Waals surface area contributed by atoms with Gasteiger partial charge in [-0.2, -0.15) is 13.2 Å². The Labute approximate surface area is 108 Å². The van der Waals surface area contributed by atoms with Crippen molar-refractivity contribution in [1.29, 1.82) is 0 Å². The molecule has 1 heterocycles. The Morgan fingerprint density at radius 1 is 1.22 bits per heavy atom. The Hall–Kier alpha value is -0.290. The van der Waals surface area contributed by atoms with Gasteiger partial charge in [-0.05, 0) is 51.6 Å². The van der Waals surface area contributed by atoms with Crippen LogP contribution in [0.5, 0.6) is 0 Å². The van der Waals surface area contributed by atoms with Gasteiger partial charge in [0.05, 0.1) is 6.54 Å². The van der Waals surface area contributed by atoms with E-state index >= 15 is 0 Å². The lowest BCUT2D eigenvalue weighted by atomic mass is 9.76. The van der Waals surface area contributed by atoms with Crippen LogP contribution in [-0.2, 0) is 0 Å². The summed E-state index contributed by atoms with van der Waals surface area (Å²) in [5.74, 6) is 0. The van der Waals surface area contributed by atoms with Gasteiger partial charge in [-0.25, -0.2) is 0 Å². The Bertz CT molecular complexity index is 245. The van der Waals surface area contributed by atoms with Crippen LogP contribution < -0.4 is 5.32 Å². The van der Waals surface area contributed by atoms with Gasteiger partial charge >= 0.3 is 6.18 Å². The van der Waals surface area contributed by atoms with E-state index in [9.17, 15) is 13.2 Å². The second-order valence-corrected chi connectivity index (χ2v) is 5.72. The topological polar surface area (TPSA) is 15.3 Å². The molecule has 5 heteroatoms. The summed E-state index contributed by atoms with van der Waals surface area (Å²) in [4.78, 5) is 1.58. The highest BCUT2D eigenvalue weighted by Crippen LogP contribution is 2.34. The van der Waals surface area contributed by atoms with Crippen molar-refractivity contribution >= 4 is 0 Å². The number of nitrogens with zero attached hydrogens (tertiary/aromatic N) is 1. The molecule has 0 aromatic carbocycles. The van der Waals surface area contributed by atoms with E-state index in [1.165, 1.54) is 0 Å². The molecule has 0 atom stereocenters.